The van der Waals surface area contributed by atoms with Gasteiger partial charge in [-0.05, 0) is 59.3 Å². The maximum atomic E-state index is 11.3. The molecule has 0 aliphatic heterocycles. The minimum atomic E-state index is -0.490. The zero-order chi connectivity index (χ0) is 20.5. The summed E-state index contributed by atoms with van der Waals surface area (Å²) in [7, 11) is 1.29. The van der Waals surface area contributed by atoms with E-state index in [1.807, 2.05) is 13.0 Å². The highest BCUT2D eigenvalue weighted by molar-refractivity contribution is 14.1. The highest BCUT2D eigenvalue weighted by Gasteiger charge is 2.13. The minimum Gasteiger partial charge on any atom is -0.490 e. The molecule has 0 aliphatic carbocycles. The van der Waals surface area contributed by atoms with E-state index in [1.165, 1.54) is 19.2 Å². The van der Waals surface area contributed by atoms with E-state index in [9.17, 15) is 14.9 Å². The maximum Gasteiger partial charge on any atom is 0.343 e. The summed E-state index contributed by atoms with van der Waals surface area (Å²) in [5.74, 6) is 0.444. The van der Waals surface area contributed by atoms with Gasteiger partial charge in [0.25, 0.3) is 5.69 Å². The van der Waals surface area contributed by atoms with Gasteiger partial charge in [-0.2, -0.15) is 5.10 Å². The van der Waals surface area contributed by atoms with Gasteiger partial charge in [-0.3, -0.25) is 15.5 Å². The minimum absolute atomic E-state index is 0.00739. The molecule has 0 aliphatic rings. The van der Waals surface area contributed by atoms with Crippen LogP contribution in [-0.2, 0) is 9.53 Å². The van der Waals surface area contributed by atoms with Crippen molar-refractivity contribution < 1.29 is 23.9 Å². The summed E-state index contributed by atoms with van der Waals surface area (Å²) in [6.07, 6.45) is 1.58. The highest BCUT2D eigenvalue weighted by Crippen LogP contribution is 2.34. The molecule has 2 aromatic carbocycles. The van der Waals surface area contributed by atoms with Gasteiger partial charge in [-0.15, -0.1) is 0 Å². The molecule has 1 N–H and O–H groups in total. The van der Waals surface area contributed by atoms with Gasteiger partial charge in [0.15, 0.2) is 18.1 Å². The lowest BCUT2D eigenvalue weighted by Gasteiger charge is -2.14. The number of hydrogen-bond donors (Lipinski definition) is 1. The molecule has 2 rings (SSSR count). The molecule has 0 amide bonds. The molecule has 148 valence electrons. The van der Waals surface area contributed by atoms with E-state index >= 15 is 0 Å². The molecule has 0 heterocycles. The van der Waals surface area contributed by atoms with E-state index in [0.29, 0.717) is 23.8 Å². The van der Waals surface area contributed by atoms with Crippen molar-refractivity contribution in [1.82, 2.24) is 0 Å². The van der Waals surface area contributed by atoms with Gasteiger partial charge in [0.2, 0.25) is 0 Å². The normalized spacial score (nSPS) is 10.5. The lowest BCUT2D eigenvalue weighted by molar-refractivity contribution is -0.384. The van der Waals surface area contributed by atoms with Crippen LogP contribution in [0.5, 0.6) is 11.5 Å². The molecule has 0 saturated carbocycles. The molecule has 0 saturated heterocycles. The molecule has 0 radical (unpaired) electrons. The molecule has 0 unspecified atom stereocenters. The Kier molecular flexibility index (Phi) is 7.99. The largest absolute Gasteiger partial charge is 0.490 e. The van der Waals surface area contributed by atoms with Gasteiger partial charge in [0.05, 0.1) is 34.1 Å². The topological polar surface area (TPSA) is 112 Å². The van der Waals surface area contributed by atoms with Crippen LogP contribution in [0.2, 0.25) is 0 Å². The van der Waals surface area contributed by atoms with Crippen molar-refractivity contribution in [1.29, 1.82) is 0 Å². The number of non-ortho nitro benzene ring substituents is 1. The third kappa shape index (κ3) is 6.08. The third-order valence-electron chi connectivity index (χ3n) is 3.38. The lowest BCUT2D eigenvalue weighted by atomic mass is 10.2. The van der Waals surface area contributed by atoms with Crippen LogP contribution in [0.4, 0.5) is 11.4 Å². The fourth-order valence-electron chi connectivity index (χ4n) is 2.09. The summed E-state index contributed by atoms with van der Waals surface area (Å²) in [4.78, 5) is 21.5. The predicted molar refractivity (Wildman–Crippen MR) is 112 cm³/mol. The van der Waals surface area contributed by atoms with Crippen LogP contribution in [0.25, 0.3) is 0 Å². The number of hydrogen-bond acceptors (Lipinski definition) is 8. The number of carbonyl (C=O) groups excluding carboxylic acids is 1. The summed E-state index contributed by atoms with van der Waals surface area (Å²) in [6, 6.07) is 9.46. The Hall–Kier alpha value is -2.89. The van der Waals surface area contributed by atoms with Crippen LogP contribution < -0.4 is 14.9 Å². The number of halogens is 1. The first kappa shape index (κ1) is 21.4. The average molecular weight is 499 g/mol. The standard InChI is InChI=1S/C18H18IN3O6/c1-3-27-16-9-12(8-15(19)18(16)28-11-17(23)26-2)10-20-21-13-4-6-14(7-5-13)22(24)25/h4-10,21H,3,11H2,1-2H3/b20-10+. The fourth-order valence-corrected chi connectivity index (χ4v) is 2.88. The van der Waals surface area contributed by atoms with Crippen LogP contribution in [-0.4, -0.2) is 37.4 Å². The molecule has 28 heavy (non-hydrogen) atoms. The molecule has 0 fully saturated rings. The molecule has 0 atom stereocenters. The number of esters is 1. The van der Waals surface area contributed by atoms with Crippen LogP contribution in [0.15, 0.2) is 41.5 Å². The summed E-state index contributed by atoms with van der Waals surface area (Å²) in [5, 5.41) is 14.8. The zero-order valence-corrected chi connectivity index (χ0v) is 17.3. The van der Waals surface area contributed by atoms with Crippen molar-refractivity contribution >= 4 is 46.1 Å². The highest BCUT2D eigenvalue weighted by atomic mass is 127. The maximum absolute atomic E-state index is 11.3. The number of anilines is 1. The van der Waals surface area contributed by atoms with E-state index in [-0.39, 0.29) is 12.3 Å². The number of nitro groups is 1. The van der Waals surface area contributed by atoms with Gasteiger partial charge >= 0.3 is 5.97 Å². The summed E-state index contributed by atoms with van der Waals surface area (Å²) in [5.41, 5.74) is 4.17. The van der Waals surface area contributed by atoms with Gasteiger partial charge in [-0.25, -0.2) is 4.79 Å². The monoisotopic (exact) mass is 499 g/mol. The van der Waals surface area contributed by atoms with Crippen molar-refractivity contribution in [3.63, 3.8) is 0 Å². The smallest absolute Gasteiger partial charge is 0.343 e. The van der Waals surface area contributed by atoms with Crippen LogP contribution in [0.3, 0.4) is 0 Å². The Morgan fingerprint density at radius 2 is 2.00 bits per heavy atom. The number of rotatable bonds is 9. The zero-order valence-electron chi connectivity index (χ0n) is 15.2. The molecule has 0 aromatic heterocycles. The Morgan fingerprint density at radius 1 is 1.29 bits per heavy atom. The number of nitro benzene ring substituents is 1. The molecule has 0 spiro atoms. The number of carbonyl (C=O) groups is 1. The summed E-state index contributed by atoms with van der Waals surface area (Å²) >= 11 is 2.08. The predicted octanol–water partition coefficient (Wildman–Crippen LogP) is 3.60. The Morgan fingerprint density at radius 3 is 2.61 bits per heavy atom. The van der Waals surface area contributed by atoms with Crippen molar-refractivity contribution in [3.8, 4) is 11.5 Å². The van der Waals surface area contributed by atoms with Gasteiger partial charge in [-0.1, -0.05) is 0 Å². The van der Waals surface area contributed by atoms with E-state index < -0.39 is 10.9 Å². The molecule has 2 aromatic rings. The first-order valence-corrected chi connectivity index (χ1v) is 9.22. The number of hydrazone groups is 1. The molecule has 0 bridgehead atoms. The second kappa shape index (κ2) is 10.4. The fraction of sp³-hybridized carbons (Fsp3) is 0.222. The number of benzene rings is 2. The van der Waals surface area contributed by atoms with Crippen LogP contribution in [0, 0.1) is 13.7 Å². The molecule has 9 nitrogen and oxygen atoms in total. The first-order chi connectivity index (χ1) is 13.4. The van der Waals surface area contributed by atoms with E-state index in [4.69, 9.17) is 9.47 Å². The number of ether oxygens (including phenoxy) is 3. The average Bonchev–Trinajstić information content (AvgIpc) is 2.67. The molecule has 10 heteroatoms. The second-order valence-corrected chi connectivity index (χ2v) is 6.46. The van der Waals surface area contributed by atoms with Crippen LogP contribution in [0.1, 0.15) is 12.5 Å². The van der Waals surface area contributed by atoms with Crippen molar-refractivity contribution in [3.05, 3.63) is 55.6 Å². The van der Waals surface area contributed by atoms with Crippen molar-refractivity contribution in [2.45, 2.75) is 6.92 Å². The Bertz CT molecular complexity index is 870. The van der Waals surface area contributed by atoms with Gasteiger partial charge in [0.1, 0.15) is 0 Å². The number of nitrogens with zero attached hydrogens (tertiary/aromatic N) is 2. The molecular formula is C18H18IN3O6. The third-order valence-corrected chi connectivity index (χ3v) is 4.18. The van der Waals surface area contributed by atoms with Crippen molar-refractivity contribution in [2.75, 3.05) is 25.7 Å². The van der Waals surface area contributed by atoms with Crippen molar-refractivity contribution in [2.24, 2.45) is 5.10 Å². The van der Waals surface area contributed by atoms with E-state index in [1.54, 1.807) is 24.4 Å². The quantitative estimate of drug-likeness (QED) is 0.185. The summed E-state index contributed by atoms with van der Waals surface area (Å²) < 4.78 is 16.4. The number of methoxy groups -OCH3 is 1. The SMILES string of the molecule is CCOc1cc(/C=N/Nc2ccc([N+](=O)[O-])cc2)cc(I)c1OCC(=O)OC. The van der Waals surface area contributed by atoms with Gasteiger partial charge < -0.3 is 14.2 Å². The number of nitrogens with one attached hydrogen (secondary N) is 1. The first-order valence-electron chi connectivity index (χ1n) is 8.14. The summed E-state index contributed by atoms with van der Waals surface area (Å²) in [6.45, 7) is 2.04. The lowest BCUT2D eigenvalue weighted by Crippen LogP contribution is -2.14. The molecular weight excluding hydrogens is 481 g/mol. The second-order valence-electron chi connectivity index (χ2n) is 5.30. The Balaban J connectivity index is 2.12. The Labute approximate surface area is 175 Å². The van der Waals surface area contributed by atoms with Gasteiger partial charge in [0, 0.05) is 12.1 Å². The van der Waals surface area contributed by atoms with E-state index in [0.717, 1.165) is 9.13 Å². The van der Waals surface area contributed by atoms with Crippen LogP contribution >= 0.6 is 22.6 Å². The van der Waals surface area contributed by atoms with E-state index in [2.05, 4.69) is 37.9 Å².